The van der Waals surface area contributed by atoms with Crippen LogP contribution in [0, 0.1) is 16.7 Å². The smallest absolute Gasteiger partial charge is 0.246 e. The number of amides is 1. The third kappa shape index (κ3) is 3.30. The van der Waals surface area contributed by atoms with E-state index in [2.05, 4.69) is 15.9 Å². The number of hydrogen-bond donors (Lipinski definition) is 1. The van der Waals surface area contributed by atoms with Crippen molar-refractivity contribution in [3.63, 3.8) is 0 Å². The van der Waals surface area contributed by atoms with Crippen molar-refractivity contribution in [1.82, 2.24) is 14.5 Å². The third-order valence-electron chi connectivity index (χ3n) is 4.59. The number of anilines is 1. The molecule has 1 atom stereocenters. The van der Waals surface area contributed by atoms with Gasteiger partial charge in [-0.2, -0.15) is 10.4 Å². The molecule has 0 unspecified atom stereocenters. The summed E-state index contributed by atoms with van der Waals surface area (Å²) in [7, 11) is -3.67. The molecule has 3 rings (SSSR count). The molecule has 1 aliphatic heterocycles. The molecule has 2 heterocycles. The van der Waals surface area contributed by atoms with E-state index in [0.29, 0.717) is 44.6 Å². The lowest BCUT2D eigenvalue weighted by Crippen LogP contribution is -2.53. The van der Waals surface area contributed by atoms with Crippen LogP contribution in [0.25, 0.3) is 0 Å². The molecule has 0 radical (unpaired) electrons. The third-order valence-corrected chi connectivity index (χ3v) is 6.16. The summed E-state index contributed by atoms with van der Waals surface area (Å²) in [4.78, 5) is 14.3. The minimum atomic E-state index is -3.67. The molecule has 9 heteroatoms. The summed E-state index contributed by atoms with van der Waals surface area (Å²) < 4.78 is 28.9. The van der Waals surface area contributed by atoms with Gasteiger partial charge in [0.2, 0.25) is 15.9 Å². The van der Waals surface area contributed by atoms with Crippen LogP contribution in [0.5, 0.6) is 0 Å². The topological polar surface area (TPSA) is 108 Å². The number of carbonyl (C=O) groups excluding carboxylic acids is 1. The fourth-order valence-electron chi connectivity index (χ4n) is 3.07. The van der Waals surface area contributed by atoms with Gasteiger partial charge in [0.15, 0.2) is 0 Å². The molecular weight excluding hydrogens is 330 g/mol. The van der Waals surface area contributed by atoms with Crippen molar-refractivity contribution < 1.29 is 13.2 Å². The number of hydrogen-bond acceptors (Lipinski definition) is 5. The molecule has 2 aliphatic rings. The second-order valence-electron chi connectivity index (χ2n) is 6.46. The van der Waals surface area contributed by atoms with Gasteiger partial charge in [-0.25, -0.2) is 17.8 Å². The van der Waals surface area contributed by atoms with Crippen molar-refractivity contribution in [1.29, 1.82) is 5.26 Å². The van der Waals surface area contributed by atoms with Gasteiger partial charge in [0.1, 0.15) is 11.9 Å². The quantitative estimate of drug-likeness (QED) is 0.808. The van der Waals surface area contributed by atoms with E-state index in [4.69, 9.17) is 5.26 Å². The number of carbonyl (C=O) groups is 1. The number of piperidine rings is 1. The monoisotopic (exact) mass is 351 g/mol. The highest BCUT2D eigenvalue weighted by molar-refractivity contribution is 7.89. The second kappa shape index (κ2) is 6.18. The maximum absolute atomic E-state index is 12.7. The van der Waals surface area contributed by atoms with Crippen LogP contribution in [0.4, 0.5) is 5.82 Å². The van der Waals surface area contributed by atoms with Crippen LogP contribution in [0.15, 0.2) is 12.3 Å². The van der Waals surface area contributed by atoms with Gasteiger partial charge < -0.3 is 0 Å². The Hall–Kier alpha value is -1.92. The van der Waals surface area contributed by atoms with Gasteiger partial charge in [0.25, 0.3) is 0 Å². The van der Waals surface area contributed by atoms with Crippen LogP contribution < -0.4 is 9.62 Å². The van der Waals surface area contributed by atoms with Crippen LogP contribution in [0.3, 0.4) is 0 Å². The second-order valence-corrected chi connectivity index (χ2v) is 8.21. The lowest BCUT2D eigenvalue weighted by molar-refractivity contribution is -0.121. The standard InChI is InChI=1S/C15H21N5O3S/c1-2-20-13(5-8-17-20)19-9-3-4-12(14(19)21)18-24(22,23)11-15(10-16)6-7-15/h5,8,12,18H,2-4,6-7,9,11H2,1H3/t12-/m1/s1. The van der Waals surface area contributed by atoms with E-state index < -0.39 is 21.5 Å². The number of nitrogens with zero attached hydrogens (tertiary/aromatic N) is 4. The Morgan fingerprint density at radius 1 is 1.50 bits per heavy atom. The molecule has 0 bridgehead atoms. The SMILES string of the molecule is CCn1nccc1N1CCC[C@@H](NS(=O)(=O)CC2(C#N)CC2)C1=O. The van der Waals surface area contributed by atoms with Crippen LogP contribution in [0.2, 0.25) is 0 Å². The summed E-state index contributed by atoms with van der Waals surface area (Å²) in [5.74, 6) is 0.191. The molecular formula is C15H21N5O3S. The van der Waals surface area contributed by atoms with Gasteiger partial charge in [-0.15, -0.1) is 0 Å². The molecule has 1 aliphatic carbocycles. The van der Waals surface area contributed by atoms with Gasteiger partial charge in [0.05, 0.1) is 23.4 Å². The van der Waals surface area contributed by atoms with E-state index >= 15 is 0 Å². The molecule has 1 amide bonds. The summed E-state index contributed by atoms with van der Waals surface area (Å²) >= 11 is 0. The van der Waals surface area contributed by atoms with E-state index in [9.17, 15) is 13.2 Å². The first-order valence-corrected chi connectivity index (χ1v) is 9.79. The van der Waals surface area contributed by atoms with Gasteiger partial charge in [-0.05, 0) is 32.6 Å². The molecule has 1 saturated carbocycles. The average Bonchev–Trinajstić information content (AvgIpc) is 3.14. The first-order chi connectivity index (χ1) is 11.4. The molecule has 1 saturated heterocycles. The molecule has 24 heavy (non-hydrogen) atoms. The van der Waals surface area contributed by atoms with E-state index in [-0.39, 0.29) is 11.7 Å². The number of aromatic nitrogens is 2. The Morgan fingerprint density at radius 2 is 2.25 bits per heavy atom. The Morgan fingerprint density at radius 3 is 2.88 bits per heavy atom. The lowest BCUT2D eigenvalue weighted by Gasteiger charge is -2.32. The van der Waals surface area contributed by atoms with Gasteiger partial charge in [-0.3, -0.25) is 9.69 Å². The summed E-state index contributed by atoms with van der Waals surface area (Å²) in [6.07, 6.45) is 4.00. The van der Waals surface area contributed by atoms with E-state index in [0.717, 1.165) is 0 Å². The highest BCUT2D eigenvalue weighted by Crippen LogP contribution is 2.45. The van der Waals surface area contributed by atoms with Gasteiger partial charge >= 0.3 is 0 Å². The van der Waals surface area contributed by atoms with E-state index in [1.165, 1.54) is 0 Å². The maximum atomic E-state index is 12.7. The molecule has 8 nitrogen and oxygen atoms in total. The average molecular weight is 351 g/mol. The summed E-state index contributed by atoms with van der Waals surface area (Å²) in [5, 5.41) is 13.2. The largest absolute Gasteiger partial charge is 0.296 e. The van der Waals surface area contributed by atoms with Crippen molar-refractivity contribution in [3.8, 4) is 6.07 Å². The number of nitriles is 1. The zero-order valence-electron chi connectivity index (χ0n) is 13.6. The van der Waals surface area contributed by atoms with E-state index in [1.807, 2.05) is 6.92 Å². The zero-order valence-corrected chi connectivity index (χ0v) is 14.4. The Balaban J connectivity index is 1.73. The minimum Gasteiger partial charge on any atom is -0.296 e. The van der Waals surface area contributed by atoms with Crippen molar-refractivity contribution in [3.05, 3.63) is 12.3 Å². The summed E-state index contributed by atoms with van der Waals surface area (Å²) in [6.45, 7) is 3.11. The van der Waals surface area contributed by atoms with Crippen molar-refractivity contribution in [2.75, 3.05) is 17.2 Å². The molecule has 2 fully saturated rings. The minimum absolute atomic E-state index is 0.229. The Bertz CT molecular complexity index is 775. The highest BCUT2D eigenvalue weighted by Gasteiger charge is 2.47. The number of nitrogens with one attached hydrogen (secondary N) is 1. The molecule has 1 aromatic rings. The normalized spacial score (nSPS) is 23.1. The number of sulfonamides is 1. The summed E-state index contributed by atoms with van der Waals surface area (Å²) in [6, 6.07) is 3.05. The van der Waals surface area contributed by atoms with E-state index in [1.54, 1.807) is 21.8 Å². The van der Waals surface area contributed by atoms with Crippen molar-refractivity contribution in [2.45, 2.75) is 45.2 Å². The molecule has 0 aromatic carbocycles. The number of aryl methyl sites for hydroxylation is 1. The van der Waals surface area contributed by atoms with Crippen LogP contribution in [0.1, 0.15) is 32.6 Å². The predicted octanol–water partition coefficient (Wildman–Crippen LogP) is 0.622. The fourth-order valence-corrected chi connectivity index (χ4v) is 4.89. The maximum Gasteiger partial charge on any atom is 0.246 e. The van der Waals surface area contributed by atoms with Gasteiger partial charge in [-0.1, -0.05) is 0 Å². The number of rotatable bonds is 6. The zero-order chi connectivity index (χ0) is 17.4. The summed E-state index contributed by atoms with van der Waals surface area (Å²) in [5.41, 5.74) is -0.760. The first-order valence-electron chi connectivity index (χ1n) is 8.14. The Kier molecular flexibility index (Phi) is 4.36. The lowest BCUT2D eigenvalue weighted by atomic mass is 10.1. The first kappa shape index (κ1) is 16.9. The Labute approximate surface area is 141 Å². The van der Waals surface area contributed by atoms with Crippen LogP contribution in [-0.4, -0.2) is 42.4 Å². The van der Waals surface area contributed by atoms with Gasteiger partial charge in [0, 0.05) is 19.2 Å². The predicted molar refractivity (Wildman–Crippen MR) is 87.5 cm³/mol. The molecule has 1 N–H and O–H groups in total. The van der Waals surface area contributed by atoms with Crippen molar-refractivity contribution in [2.24, 2.45) is 5.41 Å². The molecule has 130 valence electrons. The molecule has 1 aromatic heterocycles. The molecule has 0 spiro atoms. The van der Waals surface area contributed by atoms with Crippen LogP contribution >= 0.6 is 0 Å². The fraction of sp³-hybridized carbons (Fsp3) is 0.667. The highest BCUT2D eigenvalue weighted by atomic mass is 32.2. The van der Waals surface area contributed by atoms with Crippen LogP contribution in [-0.2, 0) is 21.4 Å². The van der Waals surface area contributed by atoms with Crippen molar-refractivity contribution >= 4 is 21.7 Å².